The molecule has 0 aliphatic rings. The molecule has 0 unspecified atom stereocenters. The van der Waals surface area contributed by atoms with Crippen LogP contribution in [-0.2, 0) is 9.59 Å². The highest BCUT2D eigenvalue weighted by molar-refractivity contribution is 14.1. The summed E-state index contributed by atoms with van der Waals surface area (Å²) in [6.45, 7) is 3.89. The molecule has 0 spiro atoms. The minimum atomic E-state index is -0.129. The molecule has 0 aromatic heterocycles. The second-order valence-electron chi connectivity index (χ2n) is 5.34. The molecule has 5 nitrogen and oxygen atoms in total. The highest BCUT2D eigenvalue weighted by Gasteiger charge is 2.06. The summed E-state index contributed by atoms with van der Waals surface area (Å²) in [5.41, 5.74) is 3.28. The first kappa shape index (κ1) is 18.3. The molecule has 2 aromatic rings. The lowest BCUT2D eigenvalue weighted by Crippen LogP contribution is -2.21. The SMILES string of the molecule is CCC(=O)Nc1cc(NCC(=O)Nc2ccc(I)cc2)ccc1C. The maximum absolute atomic E-state index is 12.0. The van der Waals surface area contributed by atoms with Gasteiger partial charge in [-0.2, -0.15) is 0 Å². The van der Waals surface area contributed by atoms with E-state index in [9.17, 15) is 9.59 Å². The van der Waals surface area contributed by atoms with E-state index in [-0.39, 0.29) is 18.4 Å². The van der Waals surface area contributed by atoms with Gasteiger partial charge in [-0.3, -0.25) is 9.59 Å². The summed E-state index contributed by atoms with van der Waals surface area (Å²) in [5.74, 6) is -0.164. The van der Waals surface area contributed by atoms with Crippen molar-refractivity contribution < 1.29 is 9.59 Å². The Morgan fingerprint density at radius 1 is 0.958 bits per heavy atom. The van der Waals surface area contributed by atoms with Crippen LogP contribution in [0.2, 0.25) is 0 Å². The first-order valence-corrected chi connectivity index (χ1v) is 8.75. The van der Waals surface area contributed by atoms with Crippen LogP contribution in [0, 0.1) is 10.5 Å². The molecule has 0 saturated heterocycles. The van der Waals surface area contributed by atoms with Crippen LogP contribution in [0.4, 0.5) is 17.1 Å². The highest BCUT2D eigenvalue weighted by Crippen LogP contribution is 2.20. The number of hydrogen-bond acceptors (Lipinski definition) is 3. The van der Waals surface area contributed by atoms with Gasteiger partial charge in [-0.15, -0.1) is 0 Å². The Kier molecular flexibility index (Phi) is 6.60. The van der Waals surface area contributed by atoms with E-state index in [1.807, 2.05) is 56.3 Å². The molecular weight excluding hydrogens is 417 g/mol. The zero-order valence-electron chi connectivity index (χ0n) is 13.7. The van der Waals surface area contributed by atoms with Crippen LogP contribution < -0.4 is 16.0 Å². The summed E-state index contributed by atoms with van der Waals surface area (Å²) in [7, 11) is 0. The monoisotopic (exact) mass is 437 g/mol. The predicted molar refractivity (Wildman–Crippen MR) is 106 cm³/mol. The maximum Gasteiger partial charge on any atom is 0.243 e. The van der Waals surface area contributed by atoms with Gasteiger partial charge < -0.3 is 16.0 Å². The number of hydrogen-bond donors (Lipinski definition) is 3. The number of carbonyl (C=O) groups excluding carboxylic acids is 2. The predicted octanol–water partition coefficient (Wildman–Crippen LogP) is 4.00. The van der Waals surface area contributed by atoms with E-state index in [4.69, 9.17) is 0 Å². The third-order valence-corrected chi connectivity index (χ3v) is 4.13. The topological polar surface area (TPSA) is 70.2 Å². The molecule has 0 radical (unpaired) electrons. The molecule has 3 N–H and O–H groups in total. The van der Waals surface area contributed by atoms with Gasteiger partial charge in [-0.1, -0.05) is 13.0 Å². The molecule has 24 heavy (non-hydrogen) atoms. The average Bonchev–Trinajstić information content (AvgIpc) is 2.57. The minimum Gasteiger partial charge on any atom is -0.376 e. The average molecular weight is 437 g/mol. The Morgan fingerprint density at radius 3 is 2.29 bits per heavy atom. The number of aryl methyl sites for hydroxylation is 1. The first-order valence-electron chi connectivity index (χ1n) is 7.67. The Bertz CT molecular complexity index is 730. The number of halogens is 1. The van der Waals surface area contributed by atoms with Gasteiger partial charge in [0.25, 0.3) is 0 Å². The molecule has 0 atom stereocenters. The van der Waals surface area contributed by atoms with Crippen LogP contribution in [0.3, 0.4) is 0 Å². The van der Waals surface area contributed by atoms with Gasteiger partial charge in [0.05, 0.1) is 6.54 Å². The number of amides is 2. The van der Waals surface area contributed by atoms with Gasteiger partial charge in [0, 0.05) is 27.1 Å². The van der Waals surface area contributed by atoms with E-state index in [0.29, 0.717) is 6.42 Å². The summed E-state index contributed by atoms with van der Waals surface area (Å²) < 4.78 is 1.12. The van der Waals surface area contributed by atoms with Crippen molar-refractivity contribution in [3.63, 3.8) is 0 Å². The molecule has 0 aliphatic carbocycles. The van der Waals surface area contributed by atoms with Crippen molar-refractivity contribution in [1.82, 2.24) is 0 Å². The molecule has 0 heterocycles. The van der Waals surface area contributed by atoms with Crippen LogP contribution in [0.25, 0.3) is 0 Å². The van der Waals surface area contributed by atoms with E-state index in [0.717, 1.165) is 26.2 Å². The number of anilines is 3. The van der Waals surface area contributed by atoms with Gasteiger partial charge in [-0.25, -0.2) is 0 Å². The van der Waals surface area contributed by atoms with Crippen LogP contribution in [-0.4, -0.2) is 18.4 Å². The Morgan fingerprint density at radius 2 is 1.62 bits per heavy atom. The van der Waals surface area contributed by atoms with Crippen LogP contribution in [0.15, 0.2) is 42.5 Å². The molecule has 2 amide bonds. The van der Waals surface area contributed by atoms with Crippen molar-refractivity contribution in [3.8, 4) is 0 Å². The van der Waals surface area contributed by atoms with E-state index in [1.54, 1.807) is 0 Å². The standard InChI is InChI=1S/C18H20IN3O2/c1-3-17(23)22-16-10-15(7-4-12(16)2)20-11-18(24)21-14-8-5-13(19)6-9-14/h4-10,20H,3,11H2,1-2H3,(H,21,24)(H,22,23). The number of carbonyl (C=O) groups is 2. The number of benzene rings is 2. The summed E-state index contributed by atoms with van der Waals surface area (Å²) in [4.78, 5) is 23.5. The van der Waals surface area contributed by atoms with E-state index in [2.05, 4.69) is 38.5 Å². The Hall–Kier alpha value is -2.09. The lowest BCUT2D eigenvalue weighted by atomic mass is 10.1. The summed E-state index contributed by atoms with van der Waals surface area (Å²) in [6, 6.07) is 13.2. The van der Waals surface area contributed by atoms with Crippen molar-refractivity contribution in [2.24, 2.45) is 0 Å². The molecule has 2 rings (SSSR count). The third-order valence-electron chi connectivity index (χ3n) is 3.41. The zero-order valence-corrected chi connectivity index (χ0v) is 15.8. The molecule has 0 bridgehead atoms. The molecular formula is C18H20IN3O2. The van der Waals surface area contributed by atoms with Gasteiger partial charge >= 0.3 is 0 Å². The molecule has 0 aliphatic heterocycles. The molecule has 2 aromatic carbocycles. The molecule has 0 fully saturated rings. The maximum atomic E-state index is 12.0. The molecule has 126 valence electrons. The Labute approximate surface area is 155 Å². The van der Waals surface area contributed by atoms with Crippen molar-refractivity contribution in [3.05, 3.63) is 51.6 Å². The van der Waals surface area contributed by atoms with Gasteiger partial charge in [0.1, 0.15) is 0 Å². The fourth-order valence-corrected chi connectivity index (χ4v) is 2.39. The van der Waals surface area contributed by atoms with E-state index < -0.39 is 0 Å². The number of rotatable bonds is 6. The van der Waals surface area contributed by atoms with Crippen molar-refractivity contribution in [1.29, 1.82) is 0 Å². The third kappa shape index (κ3) is 5.52. The van der Waals surface area contributed by atoms with Crippen LogP contribution >= 0.6 is 22.6 Å². The number of nitrogens with one attached hydrogen (secondary N) is 3. The second kappa shape index (κ2) is 8.68. The lowest BCUT2D eigenvalue weighted by molar-refractivity contribution is -0.116. The first-order chi connectivity index (χ1) is 11.5. The zero-order chi connectivity index (χ0) is 17.5. The van der Waals surface area contributed by atoms with Crippen molar-refractivity contribution in [2.45, 2.75) is 20.3 Å². The van der Waals surface area contributed by atoms with Crippen LogP contribution in [0.5, 0.6) is 0 Å². The van der Waals surface area contributed by atoms with Gasteiger partial charge in [-0.05, 0) is 71.5 Å². The normalized spacial score (nSPS) is 10.1. The van der Waals surface area contributed by atoms with E-state index >= 15 is 0 Å². The fraction of sp³-hybridized carbons (Fsp3) is 0.222. The smallest absolute Gasteiger partial charge is 0.243 e. The Balaban J connectivity index is 1.93. The summed E-state index contributed by atoms with van der Waals surface area (Å²) in [5, 5.41) is 8.76. The van der Waals surface area contributed by atoms with Gasteiger partial charge in [0.2, 0.25) is 11.8 Å². The van der Waals surface area contributed by atoms with Gasteiger partial charge in [0.15, 0.2) is 0 Å². The fourth-order valence-electron chi connectivity index (χ4n) is 2.03. The van der Waals surface area contributed by atoms with Crippen LogP contribution in [0.1, 0.15) is 18.9 Å². The largest absolute Gasteiger partial charge is 0.376 e. The van der Waals surface area contributed by atoms with Crippen molar-refractivity contribution in [2.75, 3.05) is 22.5 Å². The molecule has 6 heteroatoms. The summed E-state index contributed by atoms with van der Waals surface area (Å²) in [6.07, 6.45) is 0.426. The highest BCUT2D eigenvalue weighted by atomic mass is 127. The van der Waals surface area contributed by atoms with Crippen molar-refractivity contribution >= 4 is 51.5 Å². The second-order valence-corrected chi connectivity index (χ2v) is 6.59. The minimum absolute atomic E-state index is 0.0355. The van der Waals surface area contributed by atoms with E-state index in [1.165, 1.54) is 0 Å². The summed E-state index contributed by atoms with van der Waals surface area (Å²) >= 11 is 2.22. The molecule has 0 saturated carbocycles. The quantitative estimate of drug-likeness (QED) is 0.599. The lowest BCUT2D eigenvalue weighted by Gasteiger charge is -2.12.